The monoisotopic (exact) mass is 469 g/mol. The third kappa shape index (κ3) is 5.94. The van der Waals surface area contributed by atoms with Crippen molar-refractivity contribution >= 4 is 58.2 Å². The fourth-order valence-corrected chi connectivity index (χ4v) is 3.75. The molecule has 3 rings (SSSR count). The molecule has 0 aromatic heterocycles. The van der Waals surface area contributed by atoms with Crippen molar-refractivity contribution in [3.8, 4) is 5.75 Å². The number of hydrogen-bond acceptors (Lipinski definition) is 6. The Bertz CT molecular complexity index is 1050. The van der Waals surface area contributed by atoms with Gasteiger partial charge in [-0.25, -0.2) is 4.39 Å². The summed E-state index contributed by atoms with van der Waals surface area (Å²) >= 11 is 13.0. The number of hydrogen-bond donors (Lipinski definition) is 2. The number of carboxylic acid groups (broad SMARTS) is 1. The van der Waals surface area contributed by atoms with Crippen molar-refractivity contribution in [3.63, 3.8) is 0 Å². The molecule has 156 valence electrons. The van der Waals surface area contributed by atoms with Crippen molar-refractivity contribution in [1.29, 1.82) is 0 Å². The van der Waals surface area contributed by atoms with Crippen molar-refractivity contribution in [2.24, 2.45) is 10.2 Å². The molecular formula is C19H14Cl2FN3O4S. The third-order valence-electron chi connectivity index (χ3n) is 3.85. The lowest BCUT2D eigenvalue weighted by molar-refractivity contribution is -0.138. The highest BCUT2D eigenvalue weighted by molar-refractivity contribution is 8.15. The molecular weight excluding hydrogens is 456 g/mol. The molecule has 0 aliphatic carbocycles. The van der Waals surface area contributed by atoms with Gasteiger partial charge in [-0.05, 0) is 30.3 Å². The van der Waals surface area contributed by atoms with Gasteiger partial charge >= 0.3 is 5.97 Å². The van der Waals surface area contributed by atoms with Crippen LogP contribution in [0.15, 0.2) is 46.6 Å². The number of rotatable bonds is 7. The summed E-state index contributed by atoms with van der Waals surface area (Å²) in [6.45, 7) is 0.0961. The first-order valence-electron chi connectivity index (χ1n) is 8.48. The van der Waals surface area contributed by atoms with Gasteiger partial charge in [0, 0.05) is 16.1 Å². The summed E-state index contributed by atoms with van der Waals surface area (Å²) in [6, 6.07) is 8.91. The Kier molecular flexibility index (Phi) is 7.30. The Balaban J connectivity index is 1.71. The summed E-state index contributed by atoms with van der Waals surface area (Å²) in [7, 11) is 0. The van der Waals surface area contributed by atoms with Crippen molar-refractivity contribution in [2.75, 3.05) is 0 Å². The second-order valence-electron chi connectivity index (χ2n) is 6.05. The SMILES string of the molecule is O=C(O)CC1SC(=NN=Cc2cc(Cl)ccc2OCc2ccc(F)cc2Cl)NC1=O. The van der Waals surface area contributed by atoms with Gasteiger partial charge in [0.15, 0.2) is 5.17 Å². The van der Waals surface area contributed by atoms with E-state index in [4.69, 9.17) is 33.0 Å². The van der Waals surface area contributed by atoms with E-state index < -0.39 is 22.9 Å². The molecule has 1 fully saturated rings. The predicted molar refractivity (Wildman–Crippen MR) is 114 cm³/mol. The van der Waals surface area contributed by atoms with Crippen LogP contribution in [0.5, 0.6) is 5.75 Å². The Morgan fingerprint density at radius 3 is 2.83 bits per heavy atom. The smallest absolute Gasteiger partial charge is 0.305 e. The van der Waals surface area contributed by atoms with Gasteiger partial charge in [-0.2, -0.15) is 5.10 Å². The van der Waals surface area contributed by atoms with E-state index in [0.717, 1.165) is 11.8 Å². The van der Waals surface area contributed by atoms with Crippen LogP contribution in [0, 0.1) is 5.82 Å². The number of halogens is 3. The van der Waals surface area contributed by atoms with Crippen LogP contribution in [0.25, 0.3) is 0 Å². The summed E-state index contributed by atoms with van der Waals surface area (Å²) in [5.41, 5.74) is 1.12. The molecule has 2 N–H and O–H groups in total. The maximum Gasteiger partial charge on any atom is 0.305 e. The first-order chi connectivity index (χ1) is 14.3. The average Bonchev–Trinajstić information content (AvgIpc) is 3.01. The van der Waals surface area contributed by atoms with Crippen LogP contribution in [-0.4, -0.2) is 33.6 Å². The van der Waals surface area contributed by atoms with Gasteiger partial charge in [0.1, 0.15) is 23.4 Å². The highest BCUT2D eigenvalue weighted by atomic mass is 35.5. The van der Waals surface area contributed by atoms with Gasteiger partial charge < -0.3 is 15.2 Å². The molecule has 2 aromatic rings. The van der Waals surface area contributed by atoms with Crippen molar-refractivity contribution in [1.82, 2.24) is 5.32 Å². The summed E-state index contributed by atoms with van der Waals surface area (Å²) in [5.74, 6) is -1.51. The van der Waals surface area contributed by atoms with Crippen LogP contribution in [0.3, 0.4) is 0 Å². The lowest BCUT2D eigenvalue weighted by Gasteiger charge is -2.10. The summed E-state index contributed by atoms with van der Waals surface area (Å²) in [6.07, 6.45) is 1.08. The van der Waals surface area contributed by atoms with Crippen LogP contribution in [-0.2, 0) is 16.2 Å². The minimum absolute atomic E-state index is 0.0961. The number of carboxylic acids is 1. The molecule has 30 heavy (non-hydrogen) atoms. The van der Waals surface area contributed by atoms with E-state index in [9.17, 15) is 14.0 Å². The molecule has 0 saturated carbocycles. The number of benzene rings is 2. The molecule has 0 spiro atoms. The highest BCUT2D eigenvalue weighted by Gasteiger charge is 2.32. The van der Waals surface area contributed by atoms with Gasteiger partial charge in [0.25, 0.3) is 0 Å². The van der Waals surface area contributed by atoms with E-state index in [2.05, 4.69) is 15.5 Å². The lowest BCUT2D eigenvalue weighted by atomic mass is 10.2. The summed E-state index contributed by atoms with van der Waals surface area (Å²) in [4.78, 5) is 22.5. The fourth-order valence-electron chi connectivity index (χ4n) is 2.43. The predicted octanol–water partition coefficient (Wildman–Crippen LogP) is 4.11. The molecule has 1 aliphatic rings. The largest absolute Gasteiger partial charge is 0.488 e. The topological polar surface area (TPSA) is 100 Å². The highest BCUT2D eigenvalue weighted by Crippen LogP contribution is 2.25. The molecule has 1 saturated heterocycles. The number of thioether (sulfide) groups is 1. The average molecular weight is 470 g/mol. The molecule has 2 aromatic carbocycles. The van der Waals surface area contributed by atoms with Crippen molar-refractivity contribution in [2.45, 2.75) is 18.3 Å². The Labute approximate surface area is 184 Å². The van der Waals surface area contributed by atoms with Gasteiger partial charge in [-0.1, -0.05) is 41.0 Å². The normalized spacial score (nSPS) is 17.5. The molecule has 1 aliphatic heterocycles. The van der Waals surface area contributed by atoms with Crippen LogP contribution >= 0.6 is 35.0 Å². The third-order valence-corrected chi connectivity index (χ3v) is 5.51. The van der Waals surface area contributed by atoms with Crippen LogP contribution < -0.4 is 10.1 Å². The lowest BCUT2D eigenvalue weighted by Crippen LogP contribution is -2.26. The maximum absolute atomic E-state index is 13.2. The zero-order valence-electron chi connectivity index (χ0n) is 15.1. The maximum atomic E-state index is 13.2. The number of aliphatic carboxylic acids is 1. The van der Waals surface area contributed by atoms with E-state index >= 15 is 0 Å². The van der Waals surface area contributed by atoms with Crippen LogP contribution in [0.4, 0.5) is 4.39 Å². The van der Waals surface area contributed by atoms with Crippen LogP contribution in [0.1, 0.15) is 17.5 Å². The van der Waals surface area contributed by atoms with Crippen LogP contribution in [0.2, 0.25) is 10.0 Å². The summed E-state index contributed by atoms with van der Waals surface area (Å²) in [5, 5.41) is 19.2. The number of nitrogens with zero attached hydrogens (tertiary/aromatic N) is 2. The summed E-state index contributed by atoms with van der Waals surface area (Å²) < 4.78 is 18.9. The molecule has 0 radical (unpaired) electrons. The zero-order chi connectivity index (χ0) is 21.7. The fraction of sp³-hybridized carbons (Fsp3) is 0.158. The number of amides is 1. The van der Waals surface area contributed by atoms with E-state index in [1.54, 1.807) is 18.2 Å². The quantitative estimate of drug-likeness (QED) is 0.469. The number of nitrogens with one attached hydrogen (secondary N) is 1. The van der Waals surface area contributed by atoms with E-state index in [0.29, 0.717) is 21.9 Å². The standard InChI is InChI=1S/C19H14Cl2FN3O4S/c20-12-2-4-15(29-9-10-1-3-13(22)6-14(10)21)11(5-12)8-23-25-19-24-18(28)16(30-19)7-17(26)27/h1-6,8,16H,7,9H2,(H,26,27)(H,24,25,28). The van der Waals surface area contributed by atoms with E-state index in [1.165, 1.54) is 24.4 Å². The number of amidine groups is 1. The minimum atomic E-state index is -1.07. The molecule has 0 bridgehead atoms. The first-order valence-corrected chi connectivity index (χ1v) is 10.1. The van der Waals surface area contributed by atoms with E-state index in [1.807, 2.05) is 0 Å². The molecule has 1 amide bonds. The molecule has 7 nitrogen and oxygen atoms in total. The number of carbonyl (C=O) groups is 2. The molecule has 11 heteroatoms. The Morgan fingerprint density at radius 1 is 1.30 bits per heavy atom. The van der Waals surface area contributed by atoms with E-state index in [-0.39, 0.29) is 23.2 Å². The molecule has 1 unspecified atom stereocenters. The van der Waals surface area contributed by atoms with Gasteiger partial charge in [-0.15, -0.1) is 5.10 Å². The van der Waals surface area contributed by atoms with Crippen molar-refractivity contribution in [3.05, 3.63) is 63.4 Å². The number of ether oxygens (including phenoxy) is 1. The molecule has 1 heterocycles. The second-order valence-corrected chi connectivity index (χ2v) is 8.08. The minimum Gasteiger partial charge on any atom is -0.488 e. The Hall–Kier alpha value is -2.62. The van der Waals surface area contributed by atoms with Gasteiger partial charge in [-0.3, -0.25) is 9.59 Å². The second kappa shape index (κ2) is 9.92. The van der Waals surface area contributed by atoms with Gasteiger partial charge in [0.2, 0.25) is 5.91 Å². The number of carbonyl (C=O) groups excluding carboxylic acids is 1. The Morgan fingerprint density at radius 2 is 2.10 bits per heavy atom. The zero-order valence-corrected chi connectivity index (χ0v) is 17.5. The first kappa shape index (κ1) is 22.1. The van der Waals surface area contributed by atoms with Gasteiger partial charge in [0.05, 0.1) is 17.7 Å². The van der Waals surface area contributed by atoms with Crippen molar-refractivity contribution < 1.29 is 23.8 Å². The molecule has 1 atom stereocenters.